The van der Waals surface area contributed by atoms with E-state index in [1.807, 2.05) is 20.8 Å². The fourth-order valence-electron chi connectivity index (χ4n) is 1.88. The molecule has 1 aromatic heterocycles. The molecule has 0 radical (unpaired) electrons. The summed E-state index contributed by atoms with van der Waals surface area (Å²) in [6, 6.07) is 0. The molecule has 1 rings (SSSR count). The monoisotopic (exact) mass is 297 g/mol. The molecule has 0 unspecified atom stereocenters. The molecule has 0 atom stereocenters. The van der Waals surface area contributed by atoms with Gasteiger partial charge in [0.25, 0.3) is 0 Å². The van der Waals surface area contributed by atoms with Crippen molar-refractivity contribution < 1.29 is 9.72 Å². The van der Waals surface area contributed by atoms with Gasteiger partial charge in [-0.3, -0.25) is 14.9 Å². The Balaban J connectivity index is 2.80. The van der Waals surface area contributed by atoms with Gasteiger partial charge in [-0.15, -0.1) is 0 Å². The van der Waals surface area contributed by atoms with Crippen LogP contribution >= 0.6 is 0 Å². The Morgan fingerprint density at radius 1 is 1.48 bits per heavy atom. The Bertz CT molecular complexity index is 510. The minimum atomic E-state index is -0.469. The number of nitrogens with zero attached hydrogens (tertiary/aromatic N) is 3. The van der Waals surface area contributed by atoms with Crippen LogP contribution in [0.2, 0.25) is 0 Å². The summed E-state index contributed by atoms with van der Waals surface area (Å²) in [5, 5.41) is 20.9. The Morgan fingerprint density at radius 2 is 2.14 bits per heavy atom. The van der Waals surface area contributed by atoms with E-state index in [9.17, 15) is 14.9 Å². The van der Waals surface area contributed by atoms with Gasteiger partial charge >= 0.3 is 5.69 Å². The molecule has 0 aliphatic carbocycles. The lowest BCUT2D eigenvalue weighted by Crippen LogP contribution is -2.33. The predicted molar refractivity (Wildman–Crippen MR) is 80.2 cm³/mol. The van der Waals surface area contributed by atoms with Crippen molar-refractivity contribution in [3.8, 4) is 0 Å². The zero-order chi connectivity index (χ0) is 16.0. The normalized spacial score (nSPS) is 10.7. The fourth-order valence-corrected chi connectivity index (χ4v) is 1.88. The second-order valence-corrected chi connectivity index (χ2v) is 5.31. The highest BCUT2D eigenvalue weighted by Gasteiger charge is 2.25. The minimum absolute atomic E-state index is 0.0115. The van der Waals surface area contributed by atoms with Gasteiger partial charge in [-0.05, 0) is 19.3 Å². The first-order valence-electron chi connectivity index (χ1n) is 7.09. The lowest BCUT2D eigenvalue weighted by atomic mass is 10.2. The van der Waals surface area contributed by atoms with Crippen molar-refractivity contribution in [2.45, 2.75) is 40.7 Å². The van der Waals surface area contributed by atoms with E-state index in [-0.39, 0.29) is 18.1 Å². The molecule has 0 aliphatic rings. The van der Waals surface area contributed by atoms with Crippen molar-refractivity contribution in [2.75, 3.05) is 18.4 Å². The number of hydrogen-bond acceptors (Lipinski definition) is 5. The molecule has 1 amide bonds. The molecule has 21 heavy (non-hydrogen) atoms. The van der Waals surface area contributed by atoms with Crippen molar-refractivity contribution in [2.24, 2.45) is 5.92 Å². The van der Waals surface area contributed by atoms with Gasteiger partial charge in [-0.1, -0.05) is 20.8 Å². The van der Waals surface area contributed by atoms with Crippen molar-refractivity contribution in [1.29, 1.82) is 0 Å². The number of anilines is 1. The average Bonchev–Trinajstić information content (AvgIpc) is 2.70. The van der Waals surface area contributed by atoms with Gasteiger partial charge in [-0.2, -0.15) is 5.10 Å². The summed E-state index contributed by atoms with van der Waals surface area (Å²) < 4.78 is 1.54. The zero-order valence-corrected chi connectivity index (χ0v) is 13.0. The van der Waals surface area contributed by atoms with E-state index in [0.29, 0.717) is 30.5 Å². The number of carbonyl (C=O) groups is 1. The van der Waals surface area contributed by atoms with Gasteiger partial charge in [0.15, 0.2) is 0 Å². The molecule has 2 N–H and O–H groups in total. The Kier molecular flexibility index (Phi) is 6.13. The standard InChI is InChI=1S/C13H23N5O3/c1-5-6-17-13(12(18(20)21)10(4)16-17)15-8-11(19)14-7-9(2)3/h9,15H,5-8H2,1-4H3,(H,14,19). The highest BCUT2D eigenvalue weighted by Crippen LogP contribution is 2.28. The molecule has 1 heterocycles. The lowest BCUT2D eigenvalue weighted by molar-refractivity contribution is -0.384. The quantitative estimate of drug-likeness (QED) is 0.561. The number of carbonyl (C=O) groups excluding carboxylic acids is 1. The van der Waals surface area contributed by atoms with Gasteiger partial charge in [0, 0.05) is 13.1 Å². The lowest BCUT2D eigenvalue weighted by Gasteiger charge is -2.10. The van der Waals surface area contributed by atoms with Gasteiger partial charge in [0.05, 0.1) is 11.5 Å². The fraction of sp³-hybridized carbons (Fsp3) is 0.692. The Labute approximate surface area is 124 Å². The predicted octanol–water partition coefficient (Wildman–Crippen LogP) is 1.69. The number of hydrogen-bond donors (Lipinski definition) is 2. The summed E-state index contributed by atoms with van der Waals surface area (Å²) in [5.41, 5.74) is 0.277. The van der Waals surface area contributed by atoms with Crippen LogP contribution in [0, 0.1) is 23.0 Å². The minimum Gasteiger partial charge on any atom is -0.355 e. The first-order chi connectivity index (χ1) is 9.86. The molecule has 0 aromatic carbocycles. The topological polar surface area (TPSA) is 102 Å². The summed E-state index contributed by atoms with van der Waals surface area (Å²) in [7, 11) is 0. The summed E-state index contributed by atoms with van der Waals surface area (Å²) >= 11 is 0. The summed E-state index contributed by atoms with van der Waals surface area (Å²) in [4.78, 5) is 22.4. The van der Waals surface area contributed by atoms with E-state index in [2.05, 4.69) is 15.7 Å². The van der Waals surface area contributed by atoms with Crippen LogP contribution in [0.4, 0.5) is 11.5 Å². The average molecular weight is 297 g/mol. The maximum atomic E-state index is 11.7. The smallest absolute Gasteiger partial charge is 0.333 e. The Hall–Kier alpha value is -2.12. The second kappa shape index (κ2) is 7.61. The third kappa shape index (κ3) is 4.73. The molecule has 0 fully saturated rings. The molecular weight excluding hydrogens is 274 g/mol. The van der Waals surface area contributed by atoms with Gasteiger partial charge in [-0.25, -0.2) is 4.68 Å². The number of aryl methyl sites for hydroxylation is 2. The highest BCUT2D eigenvalue weighted by atomic mass is 16.6. The van der Waals surface area contributed by atoms with Crippen LogP contribution in [0.1, 0.15) is 32.9 Å². The molecule has 118 valence electrons. The van der Waals surface area contributed by atoms with Crippen LogP contribution in [0.15, 0.2) is 0 Å². The first-order valence-corrected chi connectivity index (χ1v) is 7.09. The number of amides is 1. The summed E-state index contributed by atoms with van der Waals surface area (Å²) in [5.74, 6) is 0.454. The van der Waals surface area contributed by atoms with E-state index in [1.54, 1.807) is 11.6 Å². The van der Waals surface area contributed by atoms with Gasteiger partial charge in [0.1, 0.15) is 5.69 Å². The van der Waals surface area contributed by atoms with E-state index in [4.69, 9.17) is 0 Å². The molecule has 8 heteroatoms. The maximum Gasteiger partial charge on any atom is 0.333 e. The van der Waals surface area contributed by atoms with Crippen molar-refractivity contribution in [1.82, 2.24) is 15.1 Å². The van der Waals surface area contributed by atoms with E-state index < -0.39 is 4.92 Å². The molecular formula is C13H23N5O3. The number of nitrogens with one attached hydrogen (secondary N) is 2. The Morgan fingerprint density at radius 3 is 2.67 bits per heavy atom. The third-order valence-electron chi connectivity index (χ3n) is 2.84. The summed E-state index contributed by atoms with van der Waals surface area (Å²) in [6.07, 6.45) is 0.798. The van der Waals surface area contributed by atoms with Crippen molar-refractivity contribution in [3.63, 3.8) is 0 Å². The van der Waals surface area contributed by atoms with E-state index in [0.717, 1.165) is 6.42 Å². The summed E-state index contributed by atoms with van der Waals surface area (Å²) in [6.45, 7) is 8.68. The highest BCUT2D eigenvalue weighted by molar-refractivity contribution is 5.81. The van der Waals surface area contributed by atoms with Crippen molar-refractivity contribution >= 4 is 17.4 Å². The number of rotatable bonds is 8. The molecule has 1 aromatic rings. The molecule has 0 saturated carbocycles. The van der Waals surface area contributed by atoms with Crippen LogP contribution < -0.4 is 10.6 Å². The zero-order valence-electron chi connectivity index (χ0n) is 13.0. The van der Waals surface area contributed by atoms with Crippen LogP contribution in [0.3, 0.4) is 0 Å². The maximum absolute atomic E-state index is 11.7. The molecule has 0 saturated heterocycles. The van der Waals surface area contributed by atoms with Crippen LogP contribution in [-0.2, 0) is 11.3 Å². The van der Waals surface area contributed by atoms with Crippen molar-refractivity contribution in [3.05, 3.63) is 15.8 Å². The molecule has 8 nitrogen and oxygen atoms in total. The van der Waals surface area contributed by atoms with E-state index >= 15 is 0 Å². The molecule has 0 bridgehead atoms. The second-order valence-electron chi connectivity index (χ2n) is 5.31. The largest absolute Gasteiger partial charge is 0.355 e. The van der Waals surface area contributed by atoms with Crippen LogP contribution in [0.5, 0.6) is 0 Å². The molecule has 0 spiro atoms. The SMILES string of the molecule is CCCn1nc(C)c([N+](=O)[O-])c1NCC(=O)NCC(C)C. The van der Waals surface area contributed by atoms with Crippen LogP contribution in [-0.4, -0.2) is 33.7 Å². The van der Waals surface area contributed by atoms with E-state index in [1.165, 1.54) is 0 Å². The first kappa shape index (κ1) is 16.9. The number of aromatic nitrogens is 2. The van der Waals surface area contributed by atoms with Gasteiger partial charge < -0.3 is 10.6 Å². The van der Waals surface area contributed by atoms with Gasteiger partial charge in [0.2, 0.25) is 11.7 Å². The third-order valence-corrected chi connectivity index (χ3v) is 2.84. The number of nitro groups is 1. The van der Waals surface area contributed by atoms with Crippen LogP contribution in [0.25, 0.3) is 0 Å². The molecule has 0 aliphatic heterocycles.